The summed E-state index contributed by atoms with van der Waals surface area (Å²) in [6.07, 6.45) is 1.95. The zero-order chi connectivity index (χ0) is 20.8. The van der Waals surface area contributed by atoms with Gasteiger partial charge >= 0.3 is 5.97 Å². The fourth-order valence-electron chi connectivity index (χ4n) is 3.36. The van der Waals surface area contributed by atoms with Crippen molar-refractivity contribution in [3.63, 3.8) is 0 Å². The number of ether oxygens (including phenoxy) is 1. The number of aryl methyl sites for hydroxylation is 1. The molecule has 2 aromatic heterocycles. The van der Waals surface area contributed by atoms with E-state index in [1.54, 1.807) is 12.1 Å². The largest absolute Gasteiger partial charge is 0.465 e. The number of methoxy groups -OCH3 is 1. The SMILES string of the molecule is COC(=O)c1ccc2c(c1)nc(Nc1cccc(C(C)(C)C)c1)n1cc(C)nc21. The van der Waals surface area contributed by atoms with Gasteiger partial charge in [-0.15, -0.1) is 0 Å². The Balaban J connectivity index is 1.87. The fourth-order valence-corrected chi connectivity index (χ4v) is 3.36. The van der Waals surface area contributed by atoms with Gasteiger partial charge in [-0.05, 0) is 48.2 Å². The molecule has 148 valence electrons. The molecular weight excluding hydrogens is 364 g/mol. The Labute approximate surface area is 169 Å². The number of anilines is 2. The Morgan fingerprint density at radius 2 is 1.90 bits per heavy atom. The molecule has 0 aliphatic rings. The number of rotatable bonds is 3. The number of benzene rings is 2. The minimum absolute atomic E-state index is 0.0465. The molecule has 6 heteroatoms. The lowest BCUT2D eigenvalue weighted by Crippen LogP contribution is -2.11. The van der Waals surface area contributed by atoms with Crippen LogP contribution in [0.5, 0.6) is 0 Å². The van der Waals surface area contributed by atoms with E-state index < -0.39 is 0 Å². The Kier molecular flexibility index (Phi) is 4.49. The number of fused-ring (bicyclic) bond motifs is 3. The maximum atomic E-state index is 11.9. The van der Waals surface area contributed by atoms with Gasteiger partial charge < -0.3 is 10.1 Å². The number of nitrogens with zero attached hydrogens (tertiary/aromatic N) is 3. The van der Waals surface area contributed by atoms with E-state index in [1.165, 1.54) is 12.7 Å². The summed E-state index contributed by atoms with van der Waals surface area (Å²) in [5.41, 5.74) is 5.04. The van der Waals surface area contributed by atoms with Crippen molar-refractivity contribution >= 4 is 34.2 Å². The van der Waals surface area contributed by atoms with Crippen LogP contribution >= 0.6 is 0 Å². The van der Waals surface area contributed by atoms with Crippen LogP contribution in [0.1, 0.15) is 42.4 Å². The molecule has 0 bridgehead atoms. The molecule has 29 heavy (non-hydrogen) atoms. The van der Waals surface area contributed by atoms with E-state index in [4.69, 9.17) is 9.72 Å². The first kappa shape index (κ1) is 18.9. The quantitative estimate of drug-likeness (QED) is 0.499. The Morgan fingerprint density at radius 1 is 1.10 bits per heavy atom. The number of aromatic nitrogens is 3. The molecule has 0 unspecified atom stereocenters. The Hall–Kier alpha value is -3.41. The first-order valence-corrected chi connectivity index (χ1v) is 9.51. The minimum atomic E-state index is -0.388. The zero-order valence-electron chi connectivity index (χ0n) is 17.3. The van der Waals surface area contributed by atoms with Gasteiger partial charge in [-0.25, -0.2) is 14.8 Å². The topological polar surface area (TPSA) is 68.5 Å². The summed E-state index contributed by atoms with van der Waals surface area (Å²) < 4.78 is 6.79. The lowest BCUT2D eigenvalue weighted by Gasteiger charge is -2.20. The summed E-state index contributed by atoms with van der Waals surface area (Å²) in [6.45, 7) is 8.51. The van der Waals surface area contributed by atoms with E-state index in [1.807, 2.05) is 35.7 Å². The molecule has 4 rings (SSSR count). The normalized spacial score (nSPS) is 11.8. The van der Waals surface area contributed by atoms with Crippen molar-refractivity contribution < 1.29 is 9.53 Å². The maximum absolute atomic E-state index is 11.9. The molecule has 0 atom stereocenters. The van der Waals surface area contributed by atoms with Crippen LogP contribution in [-0.2, 0) is 10.2 Å². The lowest BCUT2D eigenvalue weighted by atomic mass is 9.87. The first-order chi connectivity index (χ1) is 13.8. The molecular formula is C23H24N4O2. The highest BCUT2D eigenvalue weighted by Gasteiger charge is 2.16. The van der Waals surface area contributed by atoms with Gasteiger partial charge in [0.25, 0.3) is 0 Å². The summed E-state index contributed by atoms with van der Waals surface area (Å²) in [7, 11) is 1.37. The van der Waals surface area contributed by atoms with E-state index in [0.29, 0.717) is 17.0 Å². The van der Waals surface area contributed by atoms with Crippen molar-refractivity contribution in [3.05, 3.63) is 65.5 Å². The standard InChI is InChI=1S/C23H24N4O2/c1-14-13-27-20(24-14)18-10-9-15(21(28)29-5)11-19(18)26-22(27)25-17-8-6-7-16(12-17)23(2,3)4/h6-13H,1-5H3,(H,25,26). The van der Waals surface area contributed by atoms with E-state index in [2.05, 4.69) is 43.2 Å². The maximum Gasteiger partial charge on any atom is 0.337 e. The molecule has 4 aromatic rings. The highest BCUT2D eigenvalue weighted by atomic mass is 16.5. The minimum Gasteiger partial charge on any atom is -0.465 e. The van der Waals surface area contributed by atoms with Gasteiger partial charge in [0, 0.05) is 17.3 Å². The van der Waals surface area contributed by atoms with Gasteiger partial charge in [-0.3, -0.25) is 4.40 Å². The second kappa shape index (κ2) is 6.88. The van der Waals surface area contributed by atoms with Gasteiger partial charge in [0.1, 0.15) is 5.65 Å². The van der Waals surface area contributed by atoms with Crippen molar-refractivity contribution in [1.82, 2.24) is 14.4 Å². The van der Waals surface area contributed by atoms with Gasteiger partial charge in [-0.2, -0.15) is 0 Å². The van der Waals surface area contributed by atoms with E-state index in [9.17, 15) is 4.79 Å². The van der Waals surface area contributed by atoms with Crippen LogP contribution < -0.4 is 5.32 Å². The second-order valence-corrected chi connectivity index (χ2v) is 8.19. The summed E-state index contributed by atoms with van der Waals surface area (Å²) in [4.78, 5) is 21.4. The van der Waals surface area contributed by atoms with Gasteiger partial charge in [0.05, 0.1) is 23.9 Å². The molecule has 0 fully saturated rings. The predicted molar refractivity (Wildman–Crippen MR) is 115 cm³/mol. The monoisotopic (exact) mass is 388 g/mol. The average molecular weight is 388 g/mol. The second-order valence-electron chi connectivity index (χ2n) is 8.19. The van der Waals surface area contributed by atoms with Crippen LogP contribution in [0.25, 0.3) is 16.6 Å². The molecule has 2 heterocycles. The number of esters is 1. The fraction of sp³-hybridized carbons (Fsp3) is 0.261. The number of imidazole rings is 1. The molecule has 0 amide bonds. The van der Waals surface area contributed by atoms with Crippen molar-refractivity contribution in [2.45, 2.75) is 33.1 Å². The molecule has 0 spiro atoms. The summed E-state index contributed by atoms with van der Waals surface area (Å²) in [6, 6.07) is 13.6. The summed E-state index contributed by atoms with van der Waals surface area (Å²) >= 11 is 0. The van der Waals surface area contributed by atoms with Crippen molar-refractivity contribution in [3.8, 4) is 0 Å². The first-order valence-electron chi connectivity index (χ1n) is 9.51. The molecule has 0 aliphatic heterocycles. The molecule has 1 N–H and O–H groups in total. The van der Waals surface area contributed by atoms with Gasteiger partial charge in [0.15, 0.2) is 0 Å². The number of nitrogens with one attached hydrogen (secondary N) is 1. The van der Waals surface area contributed by atoms with Crippen LogP contribution in [0.3, 0.4) is 0 Å². The molecule has 6 nitrogen and oxygen atoms in total. The summed E-state index contributed by atoms with van der Waals surface area (Å²) in [5.74, 6) is 0.252. The lowest BCUT2D eigenvalue weighted by molar-refractivity contribution is 0.0601. The zero-order valence-corrected chi connectivity index (χ0v) is 17.3. The molecule has 0 saturated heterocycles. The average Bonchev–Trinajstić information content (AvgIpc) is 3.08. The number of hydrogen-bond donors (Lipinski definition) is 1. The third kappa shape index (κ3) is 3.53. The van der Waals surface area contributed by atoms with E-state index >= 15 is 0 Å². The summed E-state index contributed by atoms with van der Waals surface area (Å²) in [5, 5.41) is 4.30. The predicted octanol–water partition coefficient (Wildman–Crippen LogP) is 5.02. The molecule has 2 aromatic carbocycles. The number of carbonyl (C=O) groups excluding carboxylic acids is 1. The van der Waals surface area contributed by atoms with Crippen molar-refractivity contribution in [2.75, 3.05) is 12.4 Å². The highest BCUT2D eigenvalue weighted by molar-refractivity contribution is 5.99. The Morgan fingerprint density at radius 3 is 2.62 bits per heavy atom. The van der Waals surface area contributed by atoms with Gasteiger partial charge in [-0.1, -0.05) is 32.9 Å². The van der Waals surface area contributed by atoms with E-state index in [0.717, 1.165) is 22.4 Å². The molecule has 0 saturated carbocycles. The van der Waals surface area contributed by atoms with Crippen LogP contribution in [0.2, 0.25) is 0 Å². The highest BCUT2D eigenvalue weighted by Crippen LogP contribution is 2.28. The number of hydrogen-bond acceptors (Lipinski definition) is 5. The van der Waals surface area contributed by atoms with Crippen molar-refractivity contribution in [2.24, 2.45) is 0 Å². The molecule has 0 radical (unpaired) electrons. The van der Waals surface area contributed by atoms with Crippen LogP contribution in [-0.4, -0.2) is 27.4 Å². The van der Waals surface area contributed by atoms with E-state index in [-0.39, 0.29) is 11.4 Å². The van der Waals surface area contributed by atoms with Gasteiger partial charge in [0.2, 0.25) is 5.95 Å². The van der Waals surface area contributed by atoms with Crippen LogP contribution in [0, 0.1) is 6.92 Å². The van der Waals surface area contributed by atoms with Crippen molar-refractivity contribution in [1.29, 1.82) is 0 Å². The van der Waals surface area contributed by atoms with Crippen LogP contribution in [0.4, 0.5) is 11.6 Å². The third-order valence-electron chi connectivity index (χ3n) is 4.93. The third-order valence-corrected chi connectivity index (χ3v) is 4.93. The molecule has 0 aliphatic carbocycles. The number of carbonyl (C=O) groups is 1. The smallest absolute Gasteiger partial charge is 0.337 e. The Bertz CT molecular complexity index is 1240. The van der Waals surface area contributed by atoms with Crippen LogP contribution in [0.15, 0.2) is 48.7 Å².